The highest BCUT2D eigenvalue weighted by Gasteiger charge is 2.08. The van der Waals surface area contributed by atoms with Crippen LogP contribution in [0.2, 0.25) is 0 Å². The molecule has 0 radical (unpaired) electrons. The summed E-state index contributed by atoms with van der Waals surface area (Å²) in [6.45, 7) is 6.50. The van der Waals surface area contributed by atoms with E-state index in [-0.39, 0.29) is 0 Å². The summed E-state index contributed by atoms with van der Waals surface area (Å²) in [6.07, 6.45) is 2.04. The van der Waals surface area contributed by atoms with Crippen LogP contribution in [-0.2, 0) is 11.2 Å². The highest BCUT2D eigenvalue weighted by molar-refractivity contribution is 7.07. The first-order valence-corrected chi connectivity index (χ1v) is 8.14. The Morgan fingerprint density at radius 2 is 2.30 bits per heavy atom. The lowest BCUT2D eigenvalue weighted by Crippen LogP contribution is -2.37. The lowest BCUT2D eigenvalue weighted by Gasteiger charge is -2.26. The molecule has 2 rings (SSSR count). The van der Waals surface area contributed by atoms with Gasteiger partial charge < -0.3 is 15.8 Å². The molecule has 1 aromatic rings. The van der Waals surface area contributed by atoms with Crippen LogP contribution in [0, 0.1) is 0 Å². The van der Waals surface area contributed by atoms with E-state index in [1.54, 1.807) is 11.3 Å². The molecule has 0 unspecified atom stereocenters. The lowest BCUT2D eigenvalue weighted by molar-refractivity contribution is 0.0377. The van der Waals surface area contributed by atoms with E-state index in [1.807, 2.05) is 0 Å². The molecule has 0 aromatic carbocycles. The fourth-order valence-electron chi connectivity index (χ4n) is 2.14. The number of thiophene rings is 1. The van der Waals surface area contributed by atoms with Gasteiger partial charge in [0.15, 0.2) is 5.96 Å². The largest absolute Gasteiger partial charge is 0.379 e. The molecule has 112 valence electrons. The quantitative estimate of drug-likeness (QED) is 0.446. The molecule has 0 aliphatic carbocycles. The summed E-state index contributed by atoms with van der Waals surface area (Å²) < 4.78 is 5.32. The zero-order chi connectivity index (χ0) is 14.0. The van der Waals surface area contributed by atoms with Crippen molar-refractivity contribution in [3.05, 3.63) is 22.4 Å². The molecule has 0 bridgehead atoms. The van der Waals surface area contributed by atoms with Crippen molar-refractivity contribution in [3.8, 4) is 0 Å². The Morgan fingerprint density at radius 3 is 3.05 bits per heavy atom. The summed E-state index contributed by atoms with van der Waals surface area (Å²) in [5, 5.41) is 7.42. The minimum atomic E-state index is 0.558. The third kappa shape index (κ3) is 5.90. The van der Waals surface area contributed by atoms with Crippen LogP contribution in [-0.4, -0.2) is 56.8 Å². The van der Waals surface area contributed by atoms with Crippen LogP contribution in [0.3, 0.4) is 0 Å². The predicted molar refractivity (Wildman–Crippen MR) is 84.4 cm³/mol. The highest BCUT2D eigenvalue weighted by Crippen LogP contribution is 2.05. The van der Waals surface area contributed by atoms with Gasteiger partial charge in [-0.15, -0.1) is 0 Å². The van der Waals surface area contributed by atoms with Crippen LogP contribution in [0.5, 0.6) is 0 Å². The summed E-state index contributed by atoms with van der Waals surface area (Å²) >= 11 is 1.73. The number of nitrogens with two attached hydrogens (primary N) is 1. The first-order valence-electron chi connectivity index (χ1n) is 7.19. The second-order valence-electron chi connectivity index (χ2n) is 4.88. The molecule has 0 spiro atoms. The summed E-state index contributed by atoms with van der Waals surface area (Å²) in [7, 11) is 0. The number of hydrogen-bond acceptors (Lipinski definition) is 4. The van der Waals surface area contributed by atoms with Crippen molar-refractivity contribution in [2.75, 3.05) is 45.9 Å². The van der Waals surface area contributed by atoms with Crippen molar-refractivity contribution >= 4 is 17.3 Å². The number of ether oxygens (including phenoxy) is 1. The molecule has 6 heteroatoms. The van der Waals surface area contributed by atoms with Gasteiger partial charge in [0.05, 0.1) is 13.2 Å². The van der Waals surface area contributed by atoms with E-state index in [4.69, 9.17) is 10.5 Å². The maximum atomic E-state index is 5.84. The minimum Gasteiger partial charge on any atom is -0.379 e. The number of rotatable bonds is 7. The van der Waals surface area contributed by atoms with Crippen molar-refractivity contribution in [3.63, 3.8) is 0 Å². The molecule has 1 aromatic heterocycles. The Bertz CT molecular complexity index is 388. The van der Waals surface area contributed by atoms with Crippen molar-refractivity contribution in [2.45, 2.75) is 12.8 Å². The Labute approximate surface area is 124 Å². The Morgan fingerprint density at radius 1 is 1.45 bits per heavy atom. The van der Waals surface area contributed by atoms with E-state index in [1.165, 1.54) is 5.56 Å². The molecule has 0 saturated carbocycles. The standard InChI is InChI=1S/C14H24N4OS/c15-14(17-5-2-13-3-11-20-12-13)16-4-1-6-18-7-9-19-10-8-18/h3,11-12H,1-2,4-10H2,(H3,15,16,17). The predicted octanol–water partition coefficient (Wildman–Crippen LogP) is 0.917. The number of nitrogens with zero attached hydrogens (tertiary/aromatic N) is 2. The fraction of sp³-hybridized carbons (Fsp3) is 0.643. The van der Waals surface area contributed by atoms with Crippen LogP contribution in [0.25, 0.3) is 0 Å². The van der Waals surface area contributed by atoms with Gasteiger partial charge in [0.2, 0.25) is 0 Å². The molecular weight excluding hydrogens is 272 g/mol. The van der Waals surface area contributed by atoms with Crippen LogP contribution in [0.1, 0.15) is 12.0 Å². The summed E-state index contributed by atoms with van der Waals surface area (Å²) in [5.41, 5.74) is 7.19. The topological polar surface area (TPSA) is 62.9 Å². The van der Waals surface area contributed by atoms with Gasteiger partial charge >= 0.3 is 0 Å². The monoisotopic (exact) mass is 296 g/mol. The number of morpholine rings is 1. The van der Waals surface area contributed by atoms with E-state index in [9.17, 15) is 0 Å². The van der Waals surface area contributed by atoms with Crippen molar-refractivity contribution in [1.82, 2.24) is 10.2 Å². The Balaban J connectivity index is 1.52. The van der Waals surface area contributed by atoms with Crippen LogP contribution in [0.15, 0.2) is 21.8 Å². The summed E-state index contributed by atoms with van der Waals surface area (Å²) in [4.78, 5) is 6.77. The number of guanidine groups is 1. The van der Waals surface area contributed by atoms with Crippen molar-refractivity contribution in [1.29, 1.82) is 0 Å². The third-order valence-corrected chi connectivity index (χ3v) is 4.05. The van der Waals surface area contributed by atoms with E-state index in [0.29, 0.717) is 5.96 Å². The van der Waals surface area contributed by atoms with Gasteiger partial charge in [-0.25, -0.2) is 0 Å². The van der Waals surface area contributed by atoms with Crippen LogP contribution in [0.4, 0.5) is 0 Å². The molecule has 2 heterocycles. The van der Waals surface area contributed by atoms with Crippen LogP contribution >= 0.6 is 11.3 Å². The first kappa shape index (κ1) is 15.3. The van der Waals surface area contributed by atoms with Gasteiger partial charge in [0, 0.05) is 32.7 Å². The molecular formula is C14H24N4OS. The highest BCUT2D eigenvalue weighted by atomic mass is 32.1. The SMILES string of the molecule is NC(=NCCCN1CCOCC1)NCCc1ccsc1. The smallest absolute Gasteiger partial charge is 0.188 e. The summed E-state index contributed by atoms with van der Waals surface area (Å²) in [6, 6.07) is 2.14. The van der Waals surface area contributed by atoms with E-state index >= 15 is 0 Å². The van der Waals surface area contributed by atoms with Gasteiger partial charge in [-0.1, -0.05) is 0 Å². The van der Waals surface area contributed by atoms with Gasteiger partial charge in [-0.3, -0.25) is 9.89 Å². The molecule has 3 N–H and O–H groups in total. The Kier molecular flexibility index (Phi) is 6.83. The van der Waals surface area contributed by atoms with E-state index in [2.05, 4.69) is 32.0 Å². The number of hydrogen-bond donors (Lipinski definition) is 2. The van der Waals surface area contributed by atoms with Gasteiger partial charge in [-0.05, 0) is 35.2 Å². The number of aliphatic imine (C=N–C) groups is 1. The van der Waals surface area contributed by atoms with Gasteiger partial charge in [0.1, 0.15) is 0 Å². The zero-order valence-corrected chi connectivity index (χ0v) is 12.7. The molecule has 0 amide bonds. The van der Waals surface area contributed by atoms with Crippen LogP contribution < -0.4 is 11.1 Å². The molecule has 1 fully saturated rings. The zero-order valence-electron chi connectivity index (χ0n) is 11.9. The molecule has 1 aliphatic heterocycles. The second kappa shape index (κ2) is 8.94. The normalized spacial score (nSPS) is 17.3. The van der Waals surface area contributed by atoms with Crippen molar-refractivity contribution in [2.24, 2.45) is 10.7 Å². The number of nitrogens with one attached hydrogen (secondary N) is 1. The lowest BCUT2D eigenvalue weighted by atomic mass is 10.2. The average molecular weight is 296 g/mol. The maximum Gasteiger partial charge on any atom is 0.188 e. The first-order chi connectivity index (χ1) is 9.84. The van der Waals surface area contributed by atoms with Gasteiger partial charge in [0.25, 0.3) is 0 Å². The molecule has 1 aliphatic rings. The molecule has 20 heavy (non-hydrogen) atoms. The molecule has 5 nitrogen and oxygen atoms in total. The van der Waals surface area contributed by atoms with Crippen molar-refractivity contribution < 1.29 is 4.74 Å². The molecule has 1 saturated heterocycles. The Hall–Kier alpha value is -1.11. The van der Waals surface area contributed by atoms with E-state index < -0.39 is 0 Å². The average Bonchev–Trinajstić information content (AvgIpc) is 2.98. The van der Waals surface area contributed by atoms with E-state index in [0.717, 1.165) is 58.8 Å². The second-order valence-corrected chi connectivity index (χ2v) is 5.66. The minimum absolute atomic E-state index is 0.558. The fourth-order valence-corrected chi connectivity index (χ4v) is 2.85. The maximum absolute atomic E-state index is 5.84. The summed E-state index contributed by atoms with van der Waals surface area (Å²) in [5.74, 6) is 0.558. The van der Waals surface area contributed by atoms with Gasteiger partial charge in [-0.2, -0.15) is 11.3 Å². The molecule has 0 atom stereocenters. The third-order valence-electron chi connectivity index (χ3n) is 3.32.